The van der Waals surface area contributed by atoms with Crippen molar-refractivity contribution < 1.29 is 4.74 Å². The summed E-state index contributed by atoms with van der Waals surface area (Å²) in [5.41, 5.74) is 2.96. The Hall–Kier alpha value is -3.38. The van der Waals surface area contributed by atoms with Crippen LogP contribution in [0.25, 0.3) is 10.8 Å². The molecule has 3 aromatic carbocycles. The molecular formula is C22H20N4OS. The van der Waals surface area contributed by atoms with Gasteiger partial charge in [-0.25, -0.2) is 0 Å². The van der Waals surface area contributed by atoms with E-state index in [0.717, 1.165) is 17.1 Å². The molecule has 4 aromatic rings. The third-order valence-electron chi connectivity index (χ3n) is 4.45. The Morgan fingerprint density at radius 2 is 1.71 bits per heavy atom. The number of thiocarbonyl (C=S) groups is 1. The van der Waals surface area contributed by atoms with Gasteiger partial charge in [0, 0.05) is 11.9 Å². The quantitative estimate of drug-likeness (QED) is 0.476. The molecule has 4 rings (SSSR count). The van der Waals surface area contributed by atoms with Crippen LogP contribution < -0.4 is 15.4 Å². The Balaban J connectivity index is 1.41. The molecule has 0 unspecified atom stereocenters. The van der Waals surface area contributed by atoms with Crippen LogP contribution in [0.5, 0.6) is 5.75 Å². The van der Waals surface area contributed by atoms with E-state index in [1.807, 2.05) is 35.1 Å². The third kappa shape index (κ3) is 4.13. The molecule has 28 heavy (non-hydrogen) atoms. The molecule has 0 saturated heterocycles. The molecule has 0 fully saturated rings. The van der Waals surface area contributed by atoms with Gasteiger partial charge in [0.25, 0.3) is 0 Å². The third-order valence-corrected chi connectivity index (χ3v) is 4.66. The predicted molar refractivity (Wildman–Crippen MR) is 118 cm³/mol. The standard InChI is InChI=1S/C22H20N4OS/c1-27-20-11-9-18(10-12-20)24-22(28)25-19-13-23-26(15-19)14-17-7-4-6-16-5-2-3-8-21(16)17/h2-13,15H,14H2,1H3,(H2,24,25,28). The molecule has 6 heteroatoms. The number of benzene rings is 3. The fourth-order valence-electron chi connectivity index (χ4n) is 3.09. The summed E-state index contributed by atoms with van der Waals surface area (Å²) in [5.74, 6) is 0.805. The van der Waals surface area contributed by atoms with E-state index >= 15 is 0 Å². The smallest absolute Gasteiger partial charge is 0.175 e. The first kappa shape index (κ1) is 18.0. The molecule has 0 amide bonds. The molecular weight excluding hydrogens is 368 g/mol. The molecule has 1 aromatic heterocycles. The summed E-state index contributed by atoms with van der Waals surface area (Å²) in [6, 6.07) is 22.3. The van der Waals surface area contributed by atoms with E-state index in [2.05, 4.69) is 58.2 Å². The van der Waals surface area contributed by atoms with Gasteiger partial charge in [-0.2, -0.15) is 5.10 Å². The summed E-state index contributed by atoms with van der Waals surface area (Å²) in [7, 11) is 1.64. The van der Waals surface area contributed by atoms with Gasteiger partial charge in [-0.15, -0.1) is 0 Å². The maximum absolute atomic E-state index is 5.39. The fourth-order valence-corrected chi connectivity index (χ4v) is 3.32. The zero-order chi connectivity index (χ0) is 19.3. The molecule has 0 aliphatic rings. The molecule has 1 heterocycles. The summed E-state index contributed by atoms with van der Waals surface area (Å²) in [6.45, 7) is 0.696. The molecule has 0 bridgehead atoms. The average Bonchev–Trinajstić information content (AvgIpc) is 3.15. The van der Waals surface area contributed by atoms with E-state index in [-0.39, 0.29) is 0 Å². The van der Waals surface area contributed by atoms with Crippen molar-refractivity contribution >= 4 is 39.5 Å². The molecule has 0 saturated carbocycles. The highest BCUT2D eigenvalue weighted by Gasteiger charge is 2.05. The lowest BCUT2D eigenvalue weighted by Crippen LogP contribution is -2.18. The van der Waals surface area contributed by atoms with Crippen LogP contribution in [0.4, 0.5) is 11.4 Å². The van der Waals surface area contributed by atoms with Crippen molar-refractivity contribution in [2.75, 3.05) is 17.7 Å². The Kier molecular flexibility index (Phi) is 5.21. The number of methoxy groups -OCH3 is 1. The minimum atomic E-state index is 0.509. The number of ether oxygens (including phenoxy) is 1. The Morgan fingerprint density at radius 3 is 2.54 bits per heavy atom. The topological polar surface area (TPSA) is 51.1 Å². The first-order valence-electron chi connectivity index (χ1n) is 8.92. The zero-order valence-electron chi connectivity index (χ0n) is 15.4. The van der Waals surface area contributed by atoms with Gasteiger partial charge in [-0.05, 0) is 52.8 Å². The molecule has 0 aliphatic heterocycles. The summed E-state index contributed by atoms with van der Waals surface area (Å²) in [6.07, 6.45) is 3.72. The van der Waals surface area contributed by atoms with Crippen molar-refractivity contribution in [3.63, 3.8) is 0 Å². The van der Waals surface area contributed by atoms with Crippen LogP contribution in [0.3, 0.4) is 0 Å². The number of nitrogens with zero attached hydrogens (tertiary/aromatic N) is 2. The van der Waals surface area contributed by atoms with E-state index in [1.54, 1.807) is 13.3 Å². The summed E-state index contributed by atoms with van der Waals surface area (Å²) in [4.78, 5) is 0. The minimum absolute atomic E-state index is 0.509. The van der Waals surface area contributed by atoms with Gasteiger partial charge >= 0.3 is 0 Å². The monoisotopic (exact) mass is 388 g/mol. The van der Waals surface area contributed by atoms with E-state index < -0.39 is 0 Å². The molecule has 0 radical (unpaired) electrons. The normalized spacial score (nSPS) is 10.6. The van der Waals surface area contributed by atoms with Crippen LogP contribution in [0.2, 0.25) is 0 Å². The Bertz CT molecular complexity index is 1100. The Morgan fingerprint density at radius 1 is 0.964 bits per heavy atom. The molecule has 0 aliphatic carbocycles. The molecule has 140 valence electrons. The number of hydrogen-bond acceptors (Lipinski definition) is 3. The fraction of sp³-hybridized carbons (Fsp3) is 0.0909. The Labute approximate surface area is 169 Å². The van der Waals surface area contributed by atoms with E-state index in [4.69, 9.17) is 17.0 Å². The van der Waals surface area contributed by atoms with Gasteiger partial charge in [-0.1, -0.05) is 42.5 Å². The van der Waals surface area contributed by atoms with Gasteiger partial charge in [0.1, 0.15) is 5.75 Å². The van der Waals surface area contributed by atoms with Crippen molar-refractivity contribution in [3.8, 4) is 5.75 Å². The highest BCUT2D eigenvalue weighted by atomic mass is 32.1. The molecule has 0 atom stereocenters. The second-order valence-electron chi connectivity index (χ2n) is 6.37. The van der Waals surface area contributed by atoms with Crippen LogP contribution in [0.15, 0.2) is 79.1 Å². The average molecular weight is 388 g/mol. The summed E-state index contributed by atoms with van der Waals surface area (Å²) in [5, 5.41) is 13.8. The maximum Gasteiger partial charge on any atom is 0.175 e. The number of anilines is 2. The molecule has 5 nitrogen and oxygen atoms in total. The van der Waals surface area contributed by atoms with Crippen LogP contribution in [-0.2, 0) is 6.54 Å². The first-order chi connectivity index (χ1) is 13.7. The lowest BCUT2D eigenvalue weighted by molar-refractivity contribution is 0.415. The van der Waals surface area contributed by atoms with Gasteiger partial charge in [0.2, 0.25) is 0 Å². The predicted octanol–water partition coefficient (Wildman–Crippen LogP) is 4.90. The first-order valence-corrected chi connectivity index (χ1v) is 9.33. The highest BCUT2D eigenvalue weighted by Crippen LogP contribution is 2.20. The minimum Gasteiger partial charge on any atom is -0.497 e. The maximum atomic E-state index is 5.39. The second-order valence-corrected chi connectivity index (χ2v) is 6.78. The van der Waals surface area contributed by atoms with Gasteiger partial charge in [-0.3, -0.25) is 4.68 Å². The van der Waals surface area contributed by atoms with E-state index in [9.17, 15) is 0 Å². The second kappa shape index (κ2) is 8.10. The zero-order valence-corrected chi connectivity index (χ0v) is 16.2. The van der Waals surface area contributed by atoms with Crippen LogP contribution in [0, 0.1) is 0 Å². The largest absolute Gasteiger partial charge is 0.497 e. The SMILES string of the molecule is COc1ccc(NC(=S)Nc2cnn(Cc3cccc4ccccc34)c2)cc1. The van der Waals surface area contributed by atoms with Crippen molar-refractivity contribution in [1.82, 2.24) is 9.78 Å². The lowest BCUT2D eigenvalue weighted by atomic mass is 10.0. The van der Waals surface area contributed by atoms with Crippen molar-refractivity contribution in [1.29, 1.82) is 0 Å². The van der Waals surface area contributed by atoms with Gasteiger partial charge < -0.3 is 15.4 Å². The molecule has 0 spiro atoms. The van der Waals surface area contributed by atoms with Crippen molar-refractivity contribution in [2.24, 2.45) is 0 Å². The highest BCUT2D eigenvalue weighted by molar-refractivity contribution is 7.80. The number of nitrogens with one attached hydrogen (secondary N) is 2. The van der Waals surface area contributed by atoms with E-state index in [0.29, 0.717) is 11.7 Å². The lowest BCUT2D eigenvalue weighted by Gasteiger charge is -2.09. The molecule has 2 N–H and O–H groups in total. The number of aromatic nitrogens is 2. The van der Waals surface area contributed by atoms with Gasteiger partial charge in [0.05, 0.1) is 25.5 Å². The number of rotatable bonds is 5. The van der Waals surface area contributed by atoms with E-state index in [1.165, 1.54) is 16.3 Å². The van der Waals surface area contributed by atoms with Crippen molar-refractivity contribution in [2.45, 2.75) is 6.54 Å². The number of fused-ring (bicyclic) bond motifs is 1. The summed E-state index contributed by atoms with van der Waals surface area (Å²) < 4.78 is 7.06. The van der Waals surface area contributed by atoms with Crippen LogP contribution in [-0.4, -0.2) is 22.0 Å². The summed E-state index contributed by atoms with van der Waals surface area (Å²) >= 11 is 5.39. The van der Waals surface area contributed by atoms with Crippen LogP contribution >= 0.6 is 12.2 Å². The van der Waals surface area contributed by atoms with Crippen molar-refractivity contribution in [3.05, 3.63) is 84.7 Å². The van der Waals surface area contributed by atoms with Gasteiger partial charge in [0.15, 0.2) is 5.11 Å². The van der Waals surface area contributed by atoms with Crippen LogP contribution in [0.1, 0.15) is 5.56 Å². The number of hydrogen-bond donors (Lipinski definition) is 2.